The highest BCUT2D eigenvalue weighted by Crippen LogP contribution is 2.37. The fourth-order valence-electron chi connectivity index (χ4n) is 2.71. The lowest BCUT2D eigenvalue weighted by Crippen LogP contribution is -2.17. The molecule has 2 aromatic carbocycles. The lowest BCUT2D eigenvalue weighted by atomic mass is 9.87. The predicted molar refractivity (Wildman–Crippen MR) is 105 cm³/mol. The Morgan fingerprint density at radius 1 is 1.08 bits per heavy atom. The van der Waals surface area contributed by atoms with Crippen LogP contribution in [0, 0.1) is 0 Å². The molecule has 0 saturated carbocycles. The first-order chi connectivity index (χ1) is 12.2. The highest BCUT2D eigenvalue weighted by atomic mass is 32.1. The zero-order valence-electron chi connectivity index (χ0n) is 14.8. The highest BCUT2D eigenvalue weighted by molar-refractivity contribution is 7.23. The Bertz CT molecular complexity index is 998. The number of rotatable bonds is 3. The molecule has 0 unspecified atom stereocenters. The van der Waals surface area contributed by atoms with E-state index >= 15 is 0 Å². The zero-order valence-corrected chi connectivity index (χ0v) is 15.6. The number of phenolic OH excluding ortho intramolecular Hbond substituents is 1. The molecule has 0 radical (unpaired) electrons. The summed E-state index contributed by atoms with van der Waals surface area (Å²) in [5.74, 6) is -0.852. The topological polar surface area (TPSA) is 92.4 Å². The van der Waals surface area contributed by atoms with Crippen LogP contribution in [0.4, 0.5) is 5.00 Å². The molecule has 0 saturated heterocycles. The van der Waals surface area contributed by atoms with E-state index in [1.54, 1.807) is 24.3 Å². The van der Waals surface area contributed by atoms with Crippen LogP contribution in [-0.2, 0) is 5.41 Å². The number of nitrogens with two attached hydrogens (primary N) is 1. The van der Waals surface area contributed by atoms with Crippen molar-refractivity contribution >= 4 is 38.2 Å². The molecule has 26 heavy (non-hydrogen) atoms. The Kier molecular flexibility index (Phi) is 4.46. The number of amides is 2. The minimum Gasteiger partial charge on any atom is -0.508 e. The molecule has 0 aliphatic carbocycles. The number of primary amides is 1. The Balaban J connectivity index is 1.94. The van der Waals surface area contributed by atoms with Crippen LogP contribution in [0.1, 0.15) is 47.1 Å². The van der Waals surface area contributed by atoms with Crippen molar-refractivity contribution in [3.63, 3.8) is 0 Å². The second-order valence-electron chi connectivity index (χ2n) is 7.13. The van der Waals surface area contributed by atoms with E-state index in [4.69, 9.17) is 5.73 Å². The van der Waals surface area contributed by atoms with E-state index in [0.717, 1.165) is 5.56 Å². The number of fused-ring (bicyclic) bond motifs is 1. The maximum absolute atomic E-state index is 12.6. The number of phenols is 1. The SMILES string of the molecule is CC(C)(C)c1ccc(C(=O)Nc2sc3cc(O)ccc3c2C(N)=O)cc1. The number of anilines is 1. The molecule has 134 valence electrons. The average molecular weight is 368 g/mol. The summed E-state index contributed by atoms with van der Waals surface area (Å²) in [4.78, 5) is 24.5. The molecule has 0 spiro atoms. The maximum atomic E-state index is 12.6. The third-order valence-corrected chi connectivity index (χ3v) is 5.23. The quantitative estimate of drug-likeness (QED) is 0.645. The number of hydrogen-bond donors (Lipinski definition) is 3. The molecule has 3 aromatic rings. The van der Waals surface area contributed by atoms with Crippen molar-refractivity contribution in [3.8, 4) is 5.75 Å². The summed E-state index contributed by atoms with van der Waals surface area (Å²) in [5, 5.41) is 13.4. The Morgan fingerprint density at radius 2 is 1.73 bits per heavy atom. The van der Waals surface area contributed by atoms with Gasteiger partial charge in [0, 0.05) is 15.6 Å². The zero-order chi connectivity index (χ0) is 19.1. The number of benzene rings is 2. The molecule has 0 atom stereocenters. The van der Waals surface area contributed by atoms with Crippen molar-refractivity contribution in [2.45, 2.75) is 26.2 Å². The molecule has 6 heteroatoms. The molecule has 1 aromatic heterocycles. The van der Waals surface area contributed by atoms with Crippen LogP contribution in [0.2, 0.25) is 0 Å². The van der Waals surface area contributed by atoms with Gasteiger partial charge in [-0.05, 0) is 41.3 Å². The van der Waals surface area contributed by atoms with Gasteiger partial charge in [0.15, 0.2) is 0 Å². The van der Waals surface area contributed by atoms with Crippen LogP contribution in [0.3, 0.4) is 0 Å². The lowest BCUT2D eigenvalue weighted by Gasteiger charge is -2.19. The predicted octanol–water partition coefficient (Wildman–Crippen LogP) is 4.26. The van der Waals surface area contributed by atoms with Crippen molar-refractivity contribution in [3.05, 3.63) is 59.2 Å². The fourth-order valence-corrected chi connectivity index (χ4v) is 3.85. The van der Waals surface area contributed by atoms with E-state index in [-0.39, 0.29) is 22.6 Å². The number of nitrogens with one attached hydrogen (secondary N) is 1. The number of hydrogen-bond acceptors (Lipinski definition) is 4. The van der Waals surface area contributed by atoms with Gasteiger partial charge < -0.3 is 16.2 Å². The maximum Gasteiger partial charge on any atom is 0.256 e. The number of carbonyl (C=O) groups excluding carboxylic acids is 2. The van der Waals surface area contributed by atoms with E-state index in [1.807, 2.05) is 12.1 Å². The van der Waals surface area contributed by atoms with Crippen molar-refractivity contribution in [1.29, 1.82) is 0 Å². The molecular weight excluding hydrogens is 348 g/mol. The van der Waals surface area contributed by atoms with Crippen molar-refractivity contribution in [1.82, 2.24) is 0 Å². The van der Waals surface area contributed by atoms with Gasteiger partial charge >= 0.3 is 0 Å². The molecule has 4 N–H and O–H groups in total. The fraction of sp³-hybridized carbons (Fsp3) is 0.200. The third kappa shape index (κ3) is 3.41. The molecule has 0 bridgehead atoms. The molecule has 2 amide bonds. The average Bonchev–Trinajstić information content (AvgIpc) is 2.91. The molecule has 5 nitrogen and oxygen atoms in total. The largest absolute Gasteiger partial charge is 0.508 e. The molecule has 1 heterocycles. The van der Waals surface area contributed by atoms with Gasteiger partial charge in [-0.2, -0.15) is 0 Å². The number of thiophene rings is 1. The van der Waals surface area contributed by atoms with Crippen LogP contribution in [0.15, 0.2) is 42.5 Å². The first-order valence-corrected chi connectivity index (χ1v) is 8.95. The summed E-state index contributed by atoms with van der Waals surface area (Å²) in [5.41, 5.74) is 7.38. The monoisotopic (exact) mass is 368 g/mol. The summed E-state index contributed by atoms with van der Waals surface area (Å²) in [6, 6.07) is 12.0. The van der Waals surface area contributed by atoms with Gasteiger partial charge in [0.1, 0.15) is 10.8 Å². The smallest absolute Gasteiger partial charge is 0.256 e. The molecule has 3 rings (SSSR count). The van der Waals surface area contributed by atoms with Gasteiger partial charge in [0.25, 0.3) is 11.8 Å². The van der Waals surface area contributed by atoms with Gasteiger partial charge in [-0.1, -0.05) is 32.9 Å². The molecule has 0 fully saturated rings. The molecule has 0 aliphatic rings. The van der Waals surface area contributed by atoms with Gasteiger partial charge in [-0.3, -0.25) is 9.59 Å². The van der Waals surface area contributed by atoms with Gasteiger partial charge in [0.2, 0.25) is 0 Å². The second kappa shape index (κ2) is 6.46. The first-order valence-electron chi connectivity index (χ1n) is 8.14. The van der Waals surface area contributed by atoms with E-state index in [1.165, 1.54) is 17.4 Å². The normalized spacial score (nSPS) is 11.5. The Morgan fingerprint density at radius 3 is 2.31 bits per heavy atom. The van der Waals surface area contributed by atoms with Gasteiger partial charge in [-0.15, -0.1) is 11.3 Å². The summed E-state index contributed by atoms with van der Waals surface area (Å²) in [7, 11) is 0. The van der Waals surface area contributed by atoms with Crippen LogP contribution < -0.4 is 11.1 Å². The van der Waals surface area contributed by atoms with Crippen molar-refractivity contribution < 1.29 is 14.7 Å². The number of aromatic hydroxyl groups is 1. The van der Waals surface area contributed by atoms with Crippen LogP contribution in [0.5, 0.6) is 5.75 Å². The van der Waals surface area contributed by atoms with Gasteiger partial charge in [-0.25, -0.2) is 0 Å². The van der Waals surface area contributed by atoms with Crippen LogP contribution in [0.25, 0.3) is 10.1 Å². The Labute approximate surface area is 155 Å². The standard InChI is InChI=1S/C20H20N2O3S/c1-20(2,3)12-6-4-11(5-7-12)18(25)22-19-16(17(21)24)14-9-8-13(23)10-15(14)26-19/h4-10,23H,1-3H3,(H2,21,24)(H,22,25). The Hall–Kier alpha value is -2.86. The van der Waals surface area contributed by atoms with Crippen LogP contribution in [-0.4, -0.2) is 16.9 Å². The minimum absolute atomic E-state index is 0.00161. The summed E-state index contributed by atoms with van der Waals surface area (Å²) < 4.78 is 0.678. The van der Waals surface area contributed by atoms with E-state index in [9.17, 15) is 14.7 Å². The summed E-state index contributed by atoms with van der Waals surface area (Å²) in [6.45, 7) is 6.31. The lowest BCUT2D eigenvalue weighted by molar-refractivity contribution is 0.100. The second-order valence-corrected chi connectivity index (χ2v) is 8.18. The third-order valence-electron chi connectivity index (χ3n) is 4.16. The van der Waals surface area contributed by atoms with Crippen molar-refractivity contribution in [2.24, 2.45) is 5.73 Å². The summed E-state index contributed by atoms with van der Waals surface area (Å²) >= 11 is 1.20. The first kappa shape index (κ1) is 17.9. The van der Waals surface area contributed by atoms with Crippen molar-refractivity contribution in [2.75, 3.05) is 5.32 Å². The number of carbonyl (C=O) groups is 2. The van der Waals surface area contributed by atoms with E-state index in [2.05, 4.69) is 26.1 Å². The molecule has 0 aliphatic heterocycles. The van der Waals surface area contributed by atoms with E-state index in [0.29, 0.717) is 20.7 Å². The van der Waals surface area contributed by atoms with Crippen LogP contribution >= 0.6 is 11.3 Å². The molecular formula is C20H20N2O3S. The minimum atomic E-state index is -0.625. The highest BCUT2D eigenvalue weighted by Gasteiger charge is 2.20. The van der Waals surface area contributed by atoms with E-state index < -0.39 is 5.91 Å². The van der Waals surface area contributed by atoms with Gasteiger partial charge in [0.05, 0.1) is 5.56 Å². The summed E-state index contributed by atoms with van der Waals surface area (Å²) in [6.07, 6.45) is 0.